The normalized spacial score (nSPS) is 15.8. The van der Waals surface area contributed by atoms with Crippen LogP contribution in [0.2, 0.25) is 0 Å². The van der Waals surface area contributed by atoms with E-state index >= 15 is 0 Å². The average Bonchev–Trinajstić information content (AvgIpc) is 2.67. The fourth-order valence-electron chi connectivity index (χ4n) is 1.75. The first-order chi connectivity index (χ1) is 8.31. The van der Waals surface area contributed by atoms with Crippen molar-refractivity contribution >= 4 is 15.9 Å². The van der Waals surface area contributed by atoms with Crippen LogP contribution >= 0.6 is 15.9 Å². The molecule has 1 fully saturated rings. The Balaban J connectivity index is 1.72. The molecule has 3 rings (SSSR count). The van der Waals surface area contributed by atoms with E-state index in [4.69, 9.17) is 4.52 Å². The summed E-state index contributed by atoms with van der Waals surface area (Å²) in [6.45, 7) is 1.89. The van der Waals surface area contributed by atoms with Crippen molar-refractivity contribution in [3.8, 4) is 0 Å². The van der Waals surface area contributed by atoms with Crippen LogP contribution in [0.15, 0.2) is 33.3 Å². The van der Waals surface area contributed by atoms with Crippen molar-refractivity contribution < 1.29 is 4.52 Å². The lowest BCUT2D eigenvalue weighted by atomic mass is 10.0. The Morgan fingerprint density at radius 1 is 1.29 bits per heavy atom. The minimum absolute atomic E-state index is 0.404. The highest BCUT2D eigenvalue weighted by molar-refractivity contribution is 9.10. The van der Waals surface area contributed by atoms with Gasteiger partial charge in [0.05, 0.1) is 5.92 Å². The third-order valence-electron chi connectivity index (χ3n) is 2.89. The quantitative estimate of drug-likeness (QED) is 0.942. The van der Waals surface area contributed by atoms with Gasteiger partial charge in [0.1, 0.15) is 0 Å². The highest BCUT2D eigenvalue weighted by Gasteiger charge is 2.24. The van der Waals surface area contributed by atoms with Crippen molar-refractivity contribution in [2.24, 2.45) is 0 Å². The molecule has 0 atom stereocenters. The maximum Gasteiger partial charge on any atom is 0.232 e. The fourth-order valence-corrected chi connectivity index (χ4v) is 2.02. The Morgan fingerprint density at radius 3 is 2.71 bits per heavy atom. The van der Waals surface area contributed by atoms with Gasteiger partial charge in [-0.3, -0.25) is 0 Å². The van der Waals surface area contributed by atoms with Crippen LogP contribution in [-0.4, -0.2) is 23.2 Å². The topological polar surface area (TPSA) is 51.0 Å². The van der Waals surface area contributed by atoms with E-state index in [0.29, 0.717) is 5.92 Å². The lowest BCUT2D eigenvalue weighted by Gasteiger charge is -2.22. The van der Waals surface area contributed by atoms with E-state index in [1.54, 1.807) is 0 Å². The molecule has 4 nitrogen and oxygen atoms in total. The van der Waals surface area contributed by atoms with Crippen molar-refractivity contribution in [3.05, 3.63) is 46.0 Å². The van der Waals surface area contributed by atoms with Gasteiger partial charge < -0.3 is 9.84 Å². The Bertz CT molecular complexity index is 505. The van der Waals surface area contributed by atoms with E-state index in [-0.39, 0.29) is 0 Å². The molecule has 88 valence electrons. The number of aromatic nitrogens is 2. The van der Waals surface area contributed by atoms with Gasteiger partial charge in [0, 0.05) is 24.0 Å². The molecule has 0 bridgehead atoms. The second-order valence-electron chi connectivity index (χ2n) is 4.21. The number of hydrogen-bond acceptors (Lipinski definition) is 4. The SMILES string of the molecule is Brc1ccc(Cc2noc(C3CNC3)n2)cc1. The van der Waals surface area contributed by atoms with Gasteiger partial charge in [-0.05, 0) is 17.7 Å². The van der Waals surface area contributed by atoms with Crippen molar-refractivity contribution in [1.82, 2.24) is 15.5 Å². The molecule has 5 heteroatoms. The summed E-state index contributed by atoms with van der Waals surface area (Å²) < 4.78 is 6.33. The van der Waals surface area contributed by atoms with Crippen molar-refractivity contribution in [2.75, 3.05) is 13.1 Å². The first-order valence-corrected chi connectivity index (χ1v) is 6.38. The second-order valence-corrected chi connectivity index (χ2v) is 5.12. The number of rotatable bonds is 3. The van der Waals surface area contributed by atoms with Gasteiger partial charge in [-0.2, -0.15) is 4.98 Å². The molecule has 0 radical (unpaired) electrons. The third-order valence-corrected chi connectivity index (χ3v) is 3.42. The molecule has 1 aliphatic rings. The van der Waals surface area contributed by atoms with E-state index in [1.165, 1.54) is 5.56 Å². The zero-order chi connectivity index (χ0) is 11.7. The first-order valence-electron chi connectivity index (χ1n) is 5.59. The lowest BCUT2D eigenvalue weighted by Crippen LogP contribution is -2.40. The van der Waals surface area contributed by atoms with Crippen LogP contribution in [0, 0.1) is 0 Å². The Labute approximate surface area is 108 Å². The van der Waals surface area contributed by atoms with Gasteiger partial charge in [-0.15, -0.1) is 0 Å². The molecule has 1 aromatic heterocycles. The number of benzene rings is 1. The predicted octanol–water partition coefficient (Wildman–Crippen LogP) is 2.11. The van der Waals surface area contributed by atoms with E-state index in [1.807, 2.05) is 12.1 Å². The highest BCUT2D eigenvalue weighted by Crippen LogP contribution is 2.18. The Hall–Kier alpha value is -1.20. The third kappa shape index (κ3) is 2.40. The molecule has 1 saturated heterocycles. The van der Waals surface area contributed by atoms with Crippen LogP contribution < -0.4 is 5.32 Å². The van der Waals surface area contributed by atoms with Gasteiger partial charge in [-0.25, -0.2) is 0 Å². The van der Waals surface area contributed by atoms with E-state index < -0.39 is 0 Å². The molecule has 1 aromatic carbocycles. The summed E-state index contributed by atoms with van der Waals surface area (Å²) in [5.74, 6) is 1.92. The smallest absolute Gasteiger partial charge is 0.232 e. The molecule has 0 aliphatic carbocycles. The number of halogens is 1. The summed E-state index contributed by atoms with van der Waals surface area (Å²) in [6.07, 6.45) is 0.719. The van der Waals surface area contributed by atoms with Crippen LogP contribution in [0.1, 0.15) is 23.2 Å². The largest absolute Gasteiger partial charge is 0.339 e. The summed E-state index contributed by atoms with van der Waals surface area (Å²) in [7, 11) is 0. The number of hydrogen-bond donors (Lipinski definition) is 1. The van der Waals surface area contributed by atoms with E-state index in [0.717, 1.165) is 35.7 Å². The van der Waals surface area contributed by atoms with Gasteiger partial charge in [0.2, 0.25) is 5.89 Å². The second kappa shape index (κ2) is 4.58. The molecule has 0 saturated carbocycles. The number of nitrogens with one attached hydrogen (secondary N) is 1. The molecule has 0 spiro atoms. The Morgan fingerprint density at radius 2 is 2.06 bits per heavy atom. The van der Waals surface area contributed by atoms with Crippen molar-refractivity contribution in [2.45, 2.75) is 12.3 Å². The zero-order valence-electron chi connectivity index (χ0n) is 9.19. The summed E-state index contributed by atoms with van der Waals surface area (Å²) in [6, 6.07) is 8.16. The van der Waals surface area contributed by atoms with Crippen molar-refractivity contribution in [1.29, 1.82) is 0 Å². The van der Waals surface area contributed by atoms with E-state index in [9.17, 15) is 0 Å². The van der Waals surface area contributed by atoms with Gasteiger partial charge in [-0.1, -0.05) is 33.2 Å². The minimum atomic E-state index is 0.404. The molecule has 0 amide bonds. The standard InChI is InChI=1S/C12H12BrN3O/c13-10-3-1-8(2-4-10)5-11-15-12(17-16-11)9-6-14-7-9/h1-4,9,14H,5-7H2. The first kappa shape index (κ1) is 10.9. The summed E-state index contributed by atoms with van der Waals surface area (Å²) in [5.41, 5.74) is 1.19. The van der Waals surface area contributed by atoms with Crippen LogP contribution in [0.25, 0.3) is 0 Å². The van der Waals surface area contributed by atoms with Gasteiger partial charge in [0.25, 0.3) is 0 Å². The number of nitrogens with zero attached hydrogens (tertiary/aromatic N) is 2. The van der Waals surface area contributed by atoms with Crippen LogP contribution in [0.3, 0.4) is 0 Å². The van der Waals surface area contributed by atoms with Crippen LogP contribution in [0.4, 0.5) is 0 Å². The molecule has 2 heterocycles. The van der Waals surface area contributed by atoms with Gasteiger partial charge >= 0.3 is 0 Å². The van der Waals surface area contributed by atoms with Crippen molar-refractivity contribution in [3.63, 3.8) is 0 Å². The molecule has 0 unspecified atom stereocenters. The molecule has 1 N–H and O–H groups in total. The Kier molecular flexibility index (Phi) is 2.94. The summed E-state index contributed by atoms with van der Waals surface area (Å²) in [5, 5.41) is 7.20. The summed E-state index contributed by atoms with van der Waals surface area (Å²) >= 11 is 3.41. The molecule has 2 aromatic rings. The average molecular weight is 294 g/mol. The van der Waals surface area contributed by atoms with Gasteiger partial charge in [0.15, 0.2) is 5.82 Å². The molecule has 17 heavy (non-hydrogen) atoms. The lowest BCUT2D eigenvalue weighted by molar-refractivity contribution is 0.306. The maximum atomic E-state index is 5.25. The maximum absolute atomic E-state index is 5.25. The fraction of sp³-hybridized carbons (Fsp3) is 0.333. The monoisotopic (exact) mass is 293 g/mol. The molecule has 1 aliphatic heterocycles. The highest BCUT2D eigenvalue weighted by atomic mass is 79.9. The van der Waals surface area contributed by atoms with Crippen LogP contribution in [-0.2, 0) is 6.42 Å². The zero-order valence-corrected chi connectivity index (χ0v) is 10.8. The minimum Gasteiger partial charge on any atom is -0.339 e. The predicted molar refractivity (Wildman–Crippen MR) is 66.9 cm³/mol. The van der Waals surface area contributed by atoms with E-state index in [2.05, 4.69) is 43.5 Å². The molecular weight excluding hydrogens is 282 g/mol. The van der Waals surface area contributed by atoms with Crippen LogP contribution in [0.5, 0.6) is 0 Å². The molecular formula is C12H12BrN3O. The summed E-state index contributed by atoms with van der Waals surface area (Å²) in [4.78, 5) is 4.42.